The zero-order chi connectivity index (χ0) is 64.9. The summed E-state index contributed by atoms with van der Waals surface area (Å²) in [5.74, 6) is 1.87. The van der Waals surface area contributed by atoms with Gasteiger partial charge in [0.25, 0.3) is 0 Å². The molecular weight excluding hydrogens is 1170 g/mol. The molecule has 8 aromatic rings. The van der Waals surface area contributed by atoms with Crippen LogP contribution in [-0.2, 0) is 39.4 Å². The molecule has 0 amide bonds. The fourth-order valence-electron chi connectivity index (χ4n) is 11.5. The molecule has 0 aromatic heterocycles. The van der Waals surface area contributed by atoms with E-state index in [0.717, 1.165) is 65.2 Å². The molecule has 0 saturated carbocycles. The number of halogens is 1. The van der Waals surface area contributed by atoms with Crippen LogP contribution >= 0.6 is 11.6 Å². The lowest BCUT2D eigenvalue weighted by Gasteiger charge is -2.34. The molecule has 0 atom stereocenters. The number of benzene rings is 8. The smallest absolute Gasteiger partial charge is 0.330 e. The number of hydrogen-bond donors (Lipinski definition) is 2. The minimum absolute atomic E-state index is 0.0167. The van der Waals surface area contributed by atoms with Crippen LogP contribution in [0.2, 0.25) is 0 Å². The zero-order valence-corrected chi connectivity index (χ0v) is 53.0. The fraction of sp³-hybridized carbons (Fsp3) is 0.260. The van der Waals surface area contributed by atoms with Crippen molar-refractivity contribution in [1.82, 2.24) is 4.90 Å². The maximum atomic E-state index is 11.3. The molecule has 2 aliphatic carbocycles. The number of aliphatic hydroxyl groups is 2. The molecule has 474 valence electrons. The molecule has 0 spiro atoms. The summed E-state index contributed by atoms with van der Waals surface area (Å²) in [7, 11) is 0. The quantitative estimate of drug-likeness (QED) is 0.0255. The first kappa shape index (κ1) is 69.4. The van der Waals surface area contributed by atoms with E-state index < -0.39 is 28.0 Å². The Hall–Kier alpha value is -9.08. The van der Waals surface area contributed by atoms with Crippen molar-refractivity contribution in [2.75, 3.05) is 85.7 Å². The molecule has 3 aliphatic rings. The van der Waals surface area contributed by atoms with Crippen LogP contribution in [0.25, 0.3) is 22.3 Å². The number of rotatable bonds is 24. The maximum absolute atomic E-state index is 11.3. The molecule has 13 nitrogen and oxygen atoms in total. The zero-order valence-electron chi connectivity index (χ0n) is 52.2. The summed E-state index contributed by atoms with van der Waals surface area (Å²) in [6, 6.07) is 66.6. The largest absolute Gasteiger partial charge is 0.491 e. The van der Waals surface area contributed by atoms with Gasteiger partial charge in [-0.05, 0) is 165 Å². The van der Waals surface area contributed by atoms with Gasteiger partial charge in [0, 0.05) is 25.4 Å². The van der Waals surface area contributed by atoms with Gasteiger partial charge in [-0.15, -0.1) is 0 Å². The van der Waals surface area contributed by atoms with Crippen LogP contribution in [-0.4, -0.2) is 118 Å². The van der Waals surface area contributed by atoms with Crippen LogP contribution in [0.3, 0.4) is 0 Å². The molecule has 14 heteroatoms. The van der Waals surface area contributed by atoms with Gasteiger partial charge < -0.3 is 48.3 Å². The van der Waals surface area contributed by atoms with Gasteiger partial charge in [0.2, 0.25) is 5.24 Å². The predicted octanol–water partition coefficient (Wildman–Crippen LogP) is 14.1. The second-order valence-corrected chi connectivity index (χ2v) is 21.2. The average Bonchev–Trinajstić information content (AvgIpc) is 1.57. The molecule has 0 unspecified atom stereocenters. The number of carbonyl (C=O) groups is 3. The second kappa shape index (κ2) is 35.9. The van der Waals surface area contributed by atoms with Crippen molar-refractivity contribution in [3.8, 4) is 45.3 Å². The van der Waals surface area contributed by atoms with Crippen LogP contribution in [0.15, 0.2) is 232 Å². The van der Waals surface area contributed by atoms with E-state index in [1.807, 2.05) is 48.5 Å². The highest BCUT2D eigenvalue weighted by molar-refractivity contribution is 6.66. The first-order valence-electron chi connectivity index (χ1n) is 30.7. The van der Waals surface area contributed by atoms with Crippen LogP contribution in [0.4, 0.5) is 0 Å². The van der Waals surface area contributed by atoms with E-state index in [2.05, 4.69) is 191 Å². The van der Waals surface area contributed by atoms with Crippen LogP contribution in [0.1, 0.15) is 78.1 Å². The second-order valence-electron chi connectivity index (χ2n) is 20.8. The lowest BCUT2D eigenvalue weighted by Crippen LogP contribution is -2.28. The first-order valence-corrected chi connectivity index (χ1v) is 31.1. The van der Waals surface area contributed by atoms with E-state index in [9.17, 15) is 14.4 Å². The molecule has 8 aromatic carbocycles. The normalized spacial score (nSPS) is 12.9. The molecular formula is C77H82ClNO12. The lowest BCUT2D eigenvalue weighted by atomic mass is 9.68. The molecule has 11 rings (SSSR count). The Labute approximate surface area is 540 Å². The van der Waals surface area contributed by atoms with Crippen LogP contribution in [0, 0.1) is 0 Å². The molecule has 1 aliphatic heterocycles. The number of ether oxygens (including phenoxy) is 7. The van der Waals surface area contributed by atoms with Crippen molar-refractivity contribution < 1.29 is 57.8 Å². The van der Waals surface area contributed by atoms with E-state index in [1.165, 1.54) is 77.0 Å². The average molecular weight is 1250 g/mol. The Morgan fingerprint density at radius 3 is 0.901 bits per heavy atom. The summed E-state index contributed by atoms with van der Waals surface area (Å²) in [6.07, 6.45) is 5.86. The third kappa shape index (κ3) is 17.5. The molecule has 91 heavy (non-hydrogen) atoms. The molecule has 1 saturated heterocycles. The van der Waals surface area contributed by atoms with E-state index in [0.29, 0.717) is 11.5 Å². The summed E-state index contributed by atoms with van der Waals surface area (Å²) in [5.41, 5.74) is 13.1. The van der Waals surface area contributed by atoms with E-state index >= 15 is 0 Å². The van der Waals surface area contributed by atoms with E-state index in [4.69, 9.17) is 55.0 Å². The minimum atomic E-state index is -0.566. The van der Waals surface area contributed by atoms with Crippen molar-refractivity contribution in [2.24, 2.45) is 0 Å². The van der Waals surface area contributed by atoms with Gasteiger partial charge in [0.05, 0.1) is 24.0 Å². The highest BCUT2D eigenvalue weighted by atomic mass is 35.5. The van der Waals surface area contributed by atoms with Crippen LogP contribution in [0.5, 0.6) is 23.0 Å². The first-order chi connectivity index (χ1) is 44.5. The van der Waals surface area contributed by atoms with Crippen molar-refractivity contribution in [1.29, 1.82) is 0 Å². The fourth-order valence-corrected chi connectivity index (χ4v) is 11.5. The van der Waals surface area contributed by atoms with Gasteiger partial charge in [-0.25, -0.2) is 9.59 Å². The third-order valence-electron chi connectivity index (χ3n) is 15.6. The SMILES string of the molecule is C1CCOC1.C=CC(=O)Cl.C=CC(=O)OCCOc1ccc(C2(c3ccc(OCCOC(=O)C=C)cc3)c3ccccc3-c3ccccc32)cc1.CCN(CC)CC.OCCOc1ccc(C2(c3ccc(OCCO)cc3)c3ccccc3-c3ccccc32)cc1. The summed E-state index contributed by atoms with van der Waals surface area (Å²) >= 11 is 4.71. The minimum Gasteiger partial charge on any atom is -0.491 e. The van der Waals surface area contributed by atoms with E-state index in [1.54, 1.807) is 0 Å². The highest BCUT2D eigenvalue weighted by Crippen LogP contribution is 2.58. The molecule has 2 N–H and O–H groups in total. The summed E-state index contributed by atoms with van der Waals surface area (Å²) in [4.78, 5) is 34.4. The Kier molecular flexibility index (Phi) is 27.4. The lowest BCUT2D eigenvalue weighted by molar-refractivity contribution is -0.139. The number of fused-ring (bicyclic) bond motifs is 6. The van der Waals surface area contributed by atoms with Gasteiger partial charge in [-0.3, -0.25) is 4.79 Å². The Bertz CT molecular complexity index is 3370. The maximum Gasteiger partial charge on any atom is 0.330 e. The van der Waals surface area contributed by atoms with Crippen LogP contribution < -0.4 is 18.9 Å². The van der Waals surface area contributed by atoms with Crippen molar-refractivity contribution >= 4 is 28.8 Å². The number of hydrogen-bond acceptors (Lipinski definition) is 13. The molecule has 1 heterocycles. The third-order valence-corrected chi connectivity index (χ3v) is 15.8. The number of nitrogens with zero attached hydrogens (tertiary/aromatic N) is 1. The van der Waals surface area contributed by atoms with Crippen molar-refractivity contribution in [3.63, 3.8) is 0 Å². The Morgan fingerprint density at radius 1 is 0.429 bits per heavy atom. The monoisotopic (exact) mass is 1250 g/mol. The standard InChI is InChI=1S/C35H30O6.C29H26O4.C6H15N.C4H8O.C3H3ClO/c1-3-33(36)40-23-21-38-27-17-13-25(14-18-27)35(26-15-19-28(20-16-26)39-22-24-41-34(37)4-2)31-11-7-5-9-29(31)30-10-6-8-12-32(30)35;30-17-19-32-23-13-9-21(10-14-23)29(22-11-15-24(16-12-22)33-20-18-31)27-7-3-1-5-25(27)26-6-2-4-8-28(26)29;1-4-7(5-2)6-3;1-2-4-5-3-1;1-2-3(4)5/h3-20H,1-2,21-24H2;1-16,30-31H,17-20H2;4-6H2,1-3H3;1-4H2;2H,1H2. The molecule has 0 radical (unpaired) electrons. The van der Waals surface area contributed by atoms with Gasteiger partial charge >= 0.3 is 11.9 Å². The predicted molar refractivity (Wildman–Crippen MR) is 361 cm³/mol. The Balaban J connectivity index is 0.000000208. The number of allylic oxidation sites excluding steroid dienone is 1. The number of aliphatic hydroxyl groups excluding tert-OH is 2. The summed E-state index contributed by atoms with van der Waals surface area (Å²) in [5, 5.41) is 17.7. The highest BCUT2D eigenvalue weighted by Gasteiger charge is 2.47. The number of esters is 2. The Morgan fingerprint density at radius 2 is 0.692 bits per heavy atom. The summed E-state index contributed by atoms with van der Waals surface area (Å²) in [6.45, 7) is 23.3. The van der Waals surface area contributed by atoms with Gasteiger partial charge in [0.1, 0.15) is 62.6 Å². The van der Waals surface area contributed by atoms with Gasteiger partial charge in [0.15, 0.2) is 0 Å². The molecule has 1 fully saturated rings. The van der Waals surface area contributed by atoms with Crippen molar-refractivity contribution in [3.05, 3.63) is 277 Å². The van der Waals surface area contributed by atoms with E-state index in [-0.39, 0.29) is 52.9 Å². The summed E-state index contributed by atoms with van der Waals surface area (Å²) < 4.78 is 37.8. The van der Waals surface area contributed by atoms with Gasteiger partial charge in [-0.2, -0.15) is 0 Å². The number of carbonyl (C=O) groups excluding carboxylic acids is 3. The van der Waals surface area contributed by atoms with Gasteiger partial charge in [-0.1, -0.05) is 186 Å². The molecule has 0 bridgehead atoms. The van der Waals surface area contributed by atoms with Crippen molar-refractivity contribution in [2.45, 2.75) is 44.4 Å². The topological polar surface area (TPSA) is 160 Å².